The van der Waals surface area contributed by atoms with E-state index in [1.54, 1.807) is 13.4 Å². The lowest BCUT2D eigenvalue weighted by Crippen LogP contribution is -2.22. The Labute approximate surface area is 114 Å². The molecule has 0 amide bonds. The van der Waals surface area contributed by atoms with Gasteiger partial charge in [0.2, 0.25) is 5.75 Å². The SMILES string of the molecule is CCN1CCC(CNc2ncnc(NC)c2OC)C1. The Morgan fingerprint density at radius 1 is 1.42 bits per heavy atom. The molecule has 1 aliphatic rings. The van der Waals surface area contributed by atoms with E-state index in [1.165, 1.54) is 13.0 Å². The van der Waals surface area contributed by atoms with Crippen LogP contribution in [0.4, 0.5) is 11.6 Å². The van der Waals surface area contributed by atoms with Crippen LogP contribution in [-0.2, 0) is 0 Å². The van der Waals surface area contributed by atoms with Crippen LogP contribution in [0.5, 0.6) is 5.75 Å². The van der Waals surface area contributed by atoms with E-state index in [0.717, 1.165) is 25.5 Å². The lowest BCUT2D eigenvalue weighted by Gasteiger charge is -2.16. The van der Waals surface area contributed by atoms with Gasteiger partial charge in [0.05, 0.1) is 7.11 Å². The molecule has 1 aromatic heterocycles. The molecule has 2 heterocycles. The van der Waals surface area contributed by atoms with E-state index in [9.17, 15) is 0 Å². The Hall–Kier alpha value is -1.56. The van der Waals surface area contributed by atoms with Gasteiger partial charge in [-0.05, 0) is 25.4 Å². The molecule has 6 nitrogen and oxygen atoms in total. The molecular formula is C13H23N5O. The predicted octanol–water partition coefficient (Wildman–Crippen LogP) is 1.28. The molecule has 0 saturated carbocycles. The van der Waals surface area contributed by atoms with Crippen LogP contribution in [0.3, 0.4) is 0 Å². The van der Waals surface area contributed by atoms with Crippen molar-refractivity contribution in [2.45, 2.75) is 13.3 Å². The molecule has 0 radical (unpaired) electrons. The van der Waals surface area contributed by atoms with Gasteiger partial charge in [0.25, 0.3) is 0 Å². The highest BCUT2D eigenvalue weighted by atomic mass is 16.5. The van der Waals surface area contributed by atoms with Crippen LogP contribution in [0, 0.1) is 5.92 Å². The molecule has 1 aliphatic heterocycles. The summed E-state index contributed by atoms with van der Waals surface area (Å²) >= 11 is 0. The van der Waals surface area contributed by atoms with Crippen LogP contribution in [0.15, 0.2) is 6.33 Å². The number of hydrogen-bond acceptors (Lipinski definition) is 6. The molecular weight excluding hydrogens is 242 g/mol. The lowest BCUT2D eigenvalue weighted by molar-refractivity contribution is 0.344. The minimum atomic E-state index is 0.676. The minimum Gasteiger partial charge on any atom is -0.490 e. The van der Waals surface area contributed by atoms with Crippen molar-refractivity contribution in [3.63, 3.8) is 0 Å². The molecule has 1 fully saturated rings. The summed E-state index contributed by atoms with van der Waals surface area (Å²) in [6.45, 7) is 6.63. The van der Waals surface area contributed by atoms with E-state index in [2.05, 4.69) is 32.4 Å². The number of nitrogens with one attached hydrogen (secondary N) is 2. The third-order valence-corrected chi connectivity index (χ3v) is 3.62. The third kappa shape index (κ3) is 3.26. The molecule has 106 valence electrons. The number of anilines is 2. The van der Waals surface area contributed by atoms with Gasteiger partial charge < -0.3 is 20.3 Å². The zero-order chi connectivity index (χ0) is 13.7. The lowest BCUT2D eigenvalue weighted by atomic mass is 10.1. The quantitative estimate of drug-likeness (QED) is 0.808. The fraction of sp³-hybridized carbons (Fsp3) is 0.692. The Bertz CT molecular complexity index is 412. The molecule has 0 bridgehead atoms. The number of ether oxygens (including phenoxy) is 1. The van der Waals surface area contributed by atoms with E-state index in [0.29, 0.717) is 17.5 Å². The zero-order valence-electron chi connectivity index (χ0n) is 11.9. The first-order valence-corrected chi connectivity index (χ1v) is 6.81. The highest BCUT2D eigenvalue weighted by Crippen LogP contribution is 2.29. The molecule has 1 saturated heterocycles. The number of nitrogens with zero attached hydrogens (tertiary/aromatic N) is 3. The van der Waals surface area contributed by atoms with Gasteiger partial charge in [0.15, 0.2) is 11.6 Å². The second kappa shape index (κ2) is 6.56. The average Bonchev–Trinajstić information content (AvgIpc) is 2.92. The van der Waals surface area contributed by atoms with Crippen LogP contribution in [-0.4, -0.2) is 55.2 Å². The van der Waals surface area contributed by atoms with Crippen molar-refractivity contribution in [2.75, 3.05) is 51.0 Å². The normalized spacial score (nSPS) is 19.4. The number of rotatable bonds is 6. The topological polar surface area (TPSA) is 62.3 Å². The first-order valence-electron chi connectivity index (χ1n) is 6.81. The number of aromatic nitrogens is 2. The van der Waals surface area contributed by atoms with E-state index in [1.807, 2.05) is 7.05 Å². The first kappa shape index (κ1) is 13.9. The summed E-state index contributed by atoms with van der Waals surface area (Å²) in [6, 6.07) is 0. The van der Waals surface area contributed by atoms with Crippen molar-refractivity contribution < 1.29 is 4.74 Å². The maximum atomic E-state index is 5.36. The maximum Gasteiger partial charge on any atom is 0.204 e. The maximum absolute atomic E-state index is 5.36. The number of methoxy groups -OCH3 is 1. The first-order chi connectivity index (χ1) is 9.28. The van der Waals surface area contributed by atoms with Crippen molar-refractivity contribution in [1.82, 2.24) is 14.9 Å². The summed E-state index contributed by atoms with van der Waals surface area (Å²) in [5.74, 6) is 2.83. The molecule has 0 spiro atoms. The summed E-state index contributed by atoms with van der Waals surface area (Å²) in [7, 11) is 3.46. The van der Waals surface area contributed by atoms with Crippen molar-refractivity contribution >= 4 is 11.6 Å². The molecule has 0 aliphatic carbocycles. The van der Waals surface area contributed by atoms with E-state index in [4.69, 9.17) is 4.74 Å². The summed E-state index contributed by atoms with van der Waals surface area (Å²) in [5, 5.41) is 6.39. The third-order valence-electron chi connectivity index (χ3n) is 3.62. The average molecular weight is 265 g/mol. The minimum absolute atomic E-state index is 0.676. The molecule has 0 aromatic carbocycles. The second-order valence-electron chi connectivity index (χ2n) is 4.78. The Morgan fingerprint density at radius 3 is 2.84 bits per heavy atom. The largest absolute Gasteiger partial charge is 0.490 e. The van der Waals surface area contributed by atoms with E-state index in [-0.39, 0.29) is 0 Å². The van der Waals surface area contributed by atoms with Crippen molar-refractivity contribution in [1.29, 1.82) is 0 Å². The van der Waals surface area contributed by atoms with Gasteiger partial charge in [-0.15, -0.1) is 0 Å². The van der Waals surface area contributed by atoms with Crippen molar-refractivity contribution in [2.24, 2.45) is 5.92 Å². The smallest absolute Gasteiger partial charge is 0.204 e. The fourth-order valence-electron chi connectivity index (χ4n) is 2.48. The Morgan fingerprint density at radius 2 is 2.21 bits per heavy atom. The summed E-state index contributed by atoms with van der Waals surface area (Å²) in [4.78, 5) is 10.9. The number of hydrogen-bond donors (Lipinski definition) is 2. The molecule has 19 heavy (non-hydrogen) atoms. The van der Waals surface area contributed by atoms with Gasteiger partial charge in [0.1, 0.15) is 6.33 Å². The van der Waals surface area contributed by atoms with Crippen LogP contribution in [0.1, 0.15) is 13.3 Å². The van der Waals surface area contributed by atoms with E-state index >= 15 is 0 Å². The molecule has 1 atom stereocenters. The molecule has 2 N–H and O–H groups in total. The second-order valence-corrected chi connectivity index (χ2v) is 4.78. The summed E-state index contributed by atoms with van der Waals surface area (Å²) in [5.41, 5.74) is 0. The van der Waals surface area contributed by atoms with Gasteiger partial charge in [-0.3, -0.25) is 0 Å². The highest BCUT2D eigenvalue weighted by molar-refractivity contribution is 5.63. The predicted molar refractivity (Wildman–Crippen MR) is 76.8 cm³/mol. The van der Waals surface area contributed by atoms with Gasteiger partial charge in [-0.25, -0.2) is 9.97 Å². The summed E-state index contributed by atoms with van der Waals surface area (Å²) < 4.78 is 5.36. The molecule has 1 aromatic rings. The highest BCUT2D eigenvalue weighted by Gasteiger charge is 2.21. The van der Waals surface area contributed by atoms with Crippen molar-refractivity contribution in [3.05, 3.63) is 6.33 Å². The van der Waals surface area contributed by atoms with Crippen molar-refractivity contribution in [3.8, 4) is 5.75 Å². The van der Waals surface area contributed by atoms with Crippen LogP contribution < -0.4 is 15.4 Å². The fourth-order valence-corrected chi connectivity index (χ4v) is 2.48. The standard InChI is InChI=1S/C13H23N5O/c1-4-18-6-5-10(8-18)7-15-13-11(19-3)12(14-2)16-9-17-13/h9-10H,4-8H2,1-3H3,(H2,14,15,16,17). The van der Waals surface area contributed by atoms with Gasteiger partial charge in [-0.2, -0.15) is 0 Å². The Balaban J connectivity index is 1.96. The molecule has 2 rings (SSSR count). The van der Waals surface area contributed by atoms with Gasteiger partial charge >= 0.3 is 0 Å². The number of likely N-dealkylation sites (tertiary alicyclic amines) is 1. The van der Waals surface area contributed by atoms with E-state index < -0.39 is 0 Å². The zero-order valence-corrected chi connectivity index (χ0v) is 11.9. The van der Waals surface area contributed by atoms with Crippen LogP contribution in [0.2, 0.25) is 0 Å². The molecule has 1 unspecified atom stereocenters. The van der Waals surface area contributed by atoms with Gasteiger partial charge in [0, 0.05) is 20.1 Å². The summed E-state index contributed by atoms with van der Waals surface area (Å²) in [6.07, 6.45) is 2.79. The van der Waals surface area contributed by atoms with Crippen LogP contribution >= 0.6 is 0 Å². The monoisotopic (exact) mass is 265 g/mol. The molecule has 6 heteroatoms. The van der Waals surface area contributed by atoms with Gasteiger partial charge in [-0.1, -0.05) is 6.92 Å². The van der Waals surface area contributed by atoms with Crippen LogP contribution in [0.25, 0.3) is 0 Å². The Kier molecular flexibility index (Phi) is 4.79.